The first-order valence-electron chi connectivity index (χ1n) is 10.1. The standard InChI is InChI=1S/C24H25ClN2O4S/c1-4-23(17-7-10-19(31-3)11-8-17)26-24(28)21-14-9-18(15-22(21)25)27-32(29,30)20-12-5-16(2)6-13-20/h5-15,23,27H,4H2,1-3H3,(H,26,28)/t23-/m0/s1. The summed E-state index contributed by atoms with van der Waals surface area (Å²) in [5.41, 5.74) is 2.44. The molecule has 3 rings (SSSR count). The highest BCUT2D eigenvalue weighted by atomic mass is 35.5. The van der Waals surface area contributed by atoms with Gasteiger partial charge in [-0.25, -0.2) is 8.42 Å². The number of ether oxygens (including phenoxy) is 1. The zero-order valence-electron chi connectivity index (χ0n) is 18.1. The molecule has 8 heteroatoms. The SMILES string of the molecule is CC[C@H](NC(=O)c1ccc(NS(=O)(=O)c2ccc(C)cc2)cc1Cl)c1ccc(OC)cc1. The van der Waals surface area contributed by atoms with Gasteiger partial charge in [-0.15, -0.1) is 0 Å². The maximum Gasteiger partial charge on any atom is 0.261 e. The minimum Gasteiger partial charge on any atom is -0.497 e. The number of amides is 1. The number of rotatable bonds is 8. The van der Waals surface area contributed by atoms with Crippen LogP contribution in [0.15, 0.2) is 71.6 Å². The fraction of sp³-hybridized carbons (Fsp3) is 0.208. The van der Waals surface area contributed by atoms with Crippen LogP contribution in [0.25, 0.3) is 0 Å². The Morgan fingerprint density at radius 1 is 1.03 bits per heavy atom. The van der Waals surface area contributed by atoms with Crippen LogP contribution in [0.4, 0.5) is 5.69 Å². The molecule has 0 heterocycles. The number of benzene rings is 3. The summed E-state index contributed by atoms with van der Waals surface area (Å²) in [4.78, 5) is 13.0. The Balaban J connectivity index is 1.74. The van der Waals surface area contributed by atoms with Crippen molar-refractivity contribution < 1.29 is 17.9 Å². The number of hydrogen-bond donors (Lipinski definition) is 2. The number of nitrogens with one attached hydrogen (secondary N) is 2. The molecule has 0 spiro atoms. The van der Waals surface area contributed by atoms with Crippen molar-refractivity contribution in [2.24, 2.45) is 0 Å². The van der Waals surface area contributed by atoms with Gasteiger partial charge in [0.1, 0.15) is 5.75 Å². The number of halogens is 1. The van der Waals surface area contributed by atoms with E-state index >= 15 is 0 Å². The van der Waals surface area contributed by atoms with Gasteiger partial charge in [0.25, 0.3) is 15.9 Å². The molecule has 0 aliphatic rings. The molecule has 3 aromatic carbocycles. The van der Waals surface area contributed by atoms with Gasteiger partial charge in [0.15, 0.2) is 0 Å². The van der Waals surface area contributed by atoms with Crippen LogP contribution in [0, 0.1) is 6.92 Å². The first-order valence-corrected chi connectivity index (χ1v) is 11.9. The molecule has 32 heavy (non-hydrogen) atoms. The van der Waals surface area contributed by atoms with Gasteiger partial charge < -0.3 is 10.1 Å². The summed E-state index contributed by atoms with van der Waals surface area (Å²) in [6, 6.07) is 18.2. The fourth-order valence-electron chi connectivity index (χ4n) is 3.19. The number of carbonyl (C=O) groups is 1. The lowest BCUT2D eigenvalue weighted by Crippen LogP contribution is -2.28. The number of aryl methyl sites for hydroxylation is 1. The summed E-state index contributed by atoms with van der Waals surface area (Å²) in [7, 11) is -2.17. The minimum absolute atomic E-state index is 0.145. The highest BCUT2D eigenvalue weighted by molar-refractivity contribution is 7.92. The number of sulfonamides is 1. The first kappa shape index (κ1) is 23.6. The number of methoxy groups -OCH3 is 1. The van der Waals surface area contributed by atoms with Gasteiger partial charge in [0, 0.05) is 0 Å². The van der Waals surface area contributed by atoms with E-state index < -0.39 is 10.0 Å². The molecule has 0 unspecified atom stereocenters. The number of anilines is 1. The lowest BCUT2D eigenvalue weighted by molar-refractivity contribution is 0.0935. The molecule has 1 amide bonds. The Labute approximate surface area is 193 Å². The van der Waals surface area contributed by atoms with E-state index in [2.05, 4.69) is 10.0 Å². The zero-order valence-corrected chi connectivity index (χ0v) is 19.6. The van der Waals surface area contributed by atoms with E-state index in [0.29, 0.717) is 6.42 Å². The third-order valence-electron chi connectivity index (χ3n) is 5.03. The average Bonchev–Trinajstić information content (AvgIpc) is 2.77. The Hall–Kier alpha value is -3.03. The molecule has 0 bridgehead atoms. The van der Waals surface area contributed by atoms with Crippen molar-refractivity contribution in [3.63, 3.8) is 0 Å². The summed E-state index contributed by atoms with van der Waals surface area (Å²) in [6.07, 6.45) is 0.685. The van der Waals surface area contributed by atoms with Crippen LogP contribution in [0.5, 0.6) is 5.75 Å². The second-order valence-electron chi connectivity index (χ2n) is 7.32. The van der Waals surface area contributed by atoms with E-state index in [4.69, 9.17) is 16.3 Å². The molecule has 0 radical (unpaired) electrons. The van der Waals surface area contributed by atoms with Crippen molar-refractivity contribution in [3.05, 3.63) is 88.4 Å². The molecule has 2 N–H and O–H groups in total. The molecule has 0 aromatic heterocycles. The van der Waals surface area contributed by atoms with Crippen LogP contribution in [0.3, 0.4) is 0 Å². The summed E-state index contributed by atoms with van der Waals surface area (Å²) in [5.74, 6) is 0.396. The fourth-order valence-corrected chi connectivity index (χ4v) is 4.50. The molecule has 0 saturated carbocycles. The average molecular weight is 473 g/mol. The lowest BCUT2D eigenvalue weighted by Gasteiger charge is -2.18. The van der Waals surface area contributed by atoms with E-state index in [1.165, 1.54) is 30.3 Å². The predicted octanol–water partition coefficient (Wildman–Crippen LogP) is 5.34. The maximum absolute atomic E-state index is 12.8. The third kappa shape index (κ3) is 5.60. The van der Waals surface area contributed by atoms with Crippen molar-refractivity contribution in [1.82, 2.24) is 5.32 Å². The molecule has 0 fully saturated rings. The van der Waals surface area contributed by atoms with Gasteiger partial charge in [-0.05, 0) is 61.4 Å². The van der Waals surface area contributed by atoms with Crippen LogP contribution in [0.1, 0.15) is 40.9 Å². The molecule has 168 valence electrons. The van der Waals surface area contributed by atoms with Crippen molar-refractivity contribution in [3.8, 4) is 5.75 Å². The normalized spacial score (nSPS) is 12.1. The molecule has 0 saturated heterocycles. The quantitative estimate of drug-likeness (QED) is 0.463. The van der Waals surface area contributed by atoms with E-state index in [1.54, 1.807) is 19.2 Å². The van der Waals surface area contributed by atoms with Crippen LogP contribution in [0.2, 0.25) is 5.02 Å². The molecule has 3 aromatic rings. The maximum atomic E-state index is 12.8. The highest BCUT2D eigenvalue weighted by Gasteiger charge is 2.19. The topological polar surface area (TPSA) is 84.5 Å². The predicted molar refractivity (Wildman–Crippen MR) is 127 cm³/mol. The lowest BCUT2D eigenvalue weighted by atomic mass is 10.0. The smallest absolute Gasteiger partial charge is 0.261 e. The molecule has 0 aliphatic heterocycles. The molecule has 6 nitrogen and oxygen atoms in total. The largest absolute Gasteiger partial charge is 0.497 e. The number of carbonyl (C=O) groups excluding carboxylic acids is 1. The Morgan fingerprint density at radius 3 is 2.25 bits per heavy atom. The van der Waals surface area contributed by atoms with Gasteiger partial charge in [-0.3, -0.25) is 9.52 Å². The van der Waals surface area contributed by atoms with E-state index in [0.717, 1.165) is 16.9 Å². The summed E-state index contributed by atoms with van der Waals surface area (Å²) in [5, 5.41) is 3.12. The van der Waals surface area contributed by atoms with E-state index in [-0.39, 0.29) is 33.1 Å². The summed E-state index contributed by atoms with van der Waals surface area (Å²) < 4.78 is 32.8. The van der Waals surface area contributed by atoms with Gasteiger partial charge in [0.05, 0.1) is 34.3 Å². The highest BCUT2D eigenvalue weighted by Crippen LogP contribution is 2.25. The second-order valence-corrected chi connectivity index (χ2v) is 9.41. The number of hydrogen-bond acceptors (Lipinski definition) is 4. The van der Waals surface area contributed by atoms with Gasteiger partial charge >= 0.3 is 0 Å². The Kier molecular flexibility index (Phi) is 7.43. The molecule has 1 atom stereocenters. The van der Waals surface area contributed by atoms with E-state index in [9.17, 15) is 13.2 Å². The van der Waals surface area contributed by atoms with Gasteiger partial charge in [0.2, 0.25) is 0 Å². The minimum atomic E-state index is -3.76. The molecular formula is C24H25ClN2O4S. The van der Waals surface area contributed by atoms with Crippen molar-refractivity contribution in [1.29, 1.82) is 0 Å². The Morgan fingerprint density at radius 2 is 1.69 bits per heavy atom. The molecule has 0 aliphatic carbocycles. The van der Waals surface area contributed by atoms with Crippen molar-refractivity contribution >= 4 is 33.2 Å². The van der Waals surface area contributed by atoms with Crippen LogP contribution in [-0.2, 0) is 10.0 Å². The monoisotopic (exact) mass is 472 g/mol. The van der Waals surface area contributed by atoms with E-state index in [1.807, 2.05) is 38.1 Å². The summed E-state index contributed by atoms with van der Waals surface area (Å²) >= 11 is 6.32. The molecular weight excluding hydrogens is 448 g/mol. The van der Waals surface area contributed by atoms with Crippen molar-refractivity contribution in [2.45, 2.75) is 31.2 Å². The van der Waals surface area contributed by atoms with Gasteiger partial charge in [-0.1, -0.05) is 48.4 Å². The first-order chi connectivity index (χ1) is 15.2. The van der Waals surface area contributed by atoms with Gasteiger partial charge in [-0.2, -0.15) is 0 Å². The van der Waals surface area contributed by atoms with Crippen LogP contribution < -0.4 is 14.8 Å². The third-order valence-corrected chi connectivity index (χ3v) is 6.74. The van der Waals surface area contributed by atoms with Crippen LogP contribution in [-0.4, -0.2) is 21.4 Å². The van der Waals surface area contributed by atoms with Crippen LogP contribution >= 0.6 is 11.6 Å². The second kappa shape index (κ2) is 10.1. The zero-order chi connectivity index (χ0) is 23.3. The summed E-state index contributed by atoms with van der Waals surface area (Å²) in [6.45, 7) is 3.85. The Bertz CT molecular complexity index is 1190. The van der Waals surface area contributed by atoms with Crippen molar-refractivity contribution in [2.75, 3.05) is 11.8 Å².